The van der Waals surface area contributed by atoms with Gasteiger partial charge in [0.2, 0.25) is 0 Å². The van der Waals surface area contributed by atoms with Gasteiger partial charge < -0.3 is 5.11 Å². The maximum atomic E-state index is 10.3. The van der Waals surface area contributed by atoms with Crippen molar-refractivity contribution in [1.29, 1.82) is 0 Å². The van der Waals surface area contributed by atoms with Gasteiger partial charge in [-0.15, -0.1) is 0 Å². The number of rotatable bonds is 7. The maximum absolute atomic E-state index is 10.3. The molecular formula is C18H19BrO2. The number of unbranched alkanes of at least 4 members (excludes halogenated alkanes) is 4. The van der Waals surface area contributed by atoms with E-state index in [1.807, 2.05) is 6.08 Å². The van der Waals surface area contributed by atoms with Crippen molar-refractivity contribution in [3.05, 3.63) is 23.2 Å². The Morgan fingerprint density at radius 1 is 1.00 bits per heavy atom. The molecule has 0 aliphatic rings. The highest BCUT2D eigenvalue weighted by Gasteiger charge is 1.92. The van der Waals surface area contributed by atoms with E-state index in [0.717, 1.165) is 25.7 Å². The van der Waals surface area contributed by atoms with Gasteiger partial charge in [-0.05, 0) is 54.7 Å². The number of hydrogen-bond acceptors (Lipinski definition) is 1. The average Bonchev–Trinajstić information content (AvgIpc) is 2.46. The van der Waals surface area contributed by atoms with E-state index in [0.29, 0.717) is 12.8 Å². The molecule has 0 saturated carbocycles. The summed E-state index contributed by atoms with van der Waals surface area (Å²) in [7, 11) is 0. The molecule has 0 radical (unpaired) electrons. The molecule has 0 rings (SSSR count). The van der Waals surface area contributed by atoms with E-state index in [4.69, 9.17) is 5.11 Å². The van der Waals surface area contributed by atoms with E-state index in [9.17, 15) is 4.79 Å². The fourth-order valence-corrected chi connectivity index (χ4v) is 1.42. The van der Waals surface area contributed by atoms with Crippen molar-refractivity contribution in [2.45, 2.75) is 44.9 Å². The summed E-state index contributed by atoms with van der Waals surface area (Å²) < 4.78 is 0. The molecule has 0 aromatic rings. The third-order valence-corrected chi connectivity index (χ3v) is 2.55. The molecule has 0 saturated heterocycles. The molecule has 0 aromatic heterocycles. The lowest BCUT2D eigenvalue weighted by Gasteiger charge is -1.89. The highest BCUT2D eigenvalue weighted by Crippen LogP contribution is 1.99. The molecule has 0 spiro atoms. The van der Waals surface area contributed by atoms with Crippen molar-refractivity contribution in [1.82, 2.24) is 0 Å². The summed E-state index contributed by atoms with van der Waals surface area (Å²) in [5.41, 5.74) is 0. The van der Waals surface area contributed by atoms with Gasteiger partial charge in [0.25, 0.3) is 0 Å². The van der Waals surface area contributed by atoms with Crippen molar-refractivity contribution >= 4 is 21.9 Å². The van der Waals surface area contributed by atoms with Gasteiger partial charge in [0, 0.05) is 19.3 Å². The Morgan fingerprint density at radius 2 is 1.67 bits per heavy atom. The van der Waals surface area contributed by atoms with Gasteiger partial charge in [0.1, 0.15) is 0 Å². The molecule has 0 amide bonds. The average molecular weight is 347 g/mol. The summed E-state index contributed by atoms with van der Waals surface area (Å²) in [6.07, 6.45) is 11.0. The molecule has 0 atom stereocenters. The van der Waals surface area contributed by atoms with Gasteiger partial charge in [-0.2, -0.15) is 0 Å². The van der Waals surface area contributed by atoms with Gasteiger partial charge in [-0.1, -0.05) is 45.7 Å². The van der Waals surface area contributed by atoms with E-state index in [-0.39, 0.29) is 6.42 Å². The van der Waals surface area contributed by atoms with E-state index in [1.165, 1.54) is 0 Å². The smallest absolute Gasteiger partial charge is 0.303 e. The minimum Gasteiger partial charge on any atom is -0.481 e. The van der Waals surface area contributed by atoms with Crippen LogP contribution in [0.15, 0.2) is 23.2 Å². The van der Waals surface area contributed by atoms with Gasteiger partial charge in [-0.3, -0.25) is 4.79 Å². The molecule has 2 nitrogen and oxygen atoms in total. The number of aliphatic carboxylic acids is 1. The SMILES string of the molecule is O=C(O)CCCC#CC#CCCCC/C=C\C#C/C=C/Br. The minimum atomic E-state index is -0.775. The standard InChI is InChI=1S/C18H19BrO2/c19-17-15-13-11-9-7-5-3-1-2-4-6-8-10-12-14-16-18(20)21/h7,9,15,17H,1-3,5,12,14,16H2,(H,20,21)/b9-7-,17-15+. The first kappa shape index (κ1) is 19.1. The third-order valence-electron chi connectivity index (χ3n) is 2.29. The van der Waals surface area contributed by atoms with Crippen molar-refractivity contribution in [3.8, 4) is 35.5 Å². The van der Waals surface area contributed by atoms with Crippen LogP contribution in [0.3, 0.4) is 0 Å². The summed E-state index contributed by atoms with van der Waals surface area (Å²) in [6, 6.07) is 0. The summed E-state index contributed by atoms with van der Waals surface area (Å²) in [5.74, 6) is 16.4. The van der Waals surface area contributed by atoms with Crippen LogP contribution >= 0.6 is 15.9 Å². The molecule has 0 aliphatic heterocycles. The van der Waals surface area contributed by atoms with Crippen molar-refractivity contribution in [2.24, 2.45) is 0 Å². The molecule has 1 N–H and O–H groups in total. The Balaban J connectivity index is 3.52. The first-order valence-electron chi connectivity index (χ1n) is 6.86. The zero-order valence-corrected chi connectivity index (χ0v) is 13.6. The summed E-state index contributed by atoms with van der Waals surface area (Å²) in [5, 5.41) is 8.44. The van der Waals surface area contributed by atoms with Crippen LogP contribution in [-0.4, -0.2) is 11.1 Å². The van der Waals surface area contributed by atoms with E-state index in [1.54, 1.807) is 11.1 Å². The minimum absolute atomic E-state index is 0.173. The summed E-state index contributed by atoms with van der Waals surface area (Å²) >= 11 is 3.14. The fourth-order valence-electron chi connectivity index (χ4n) is 1.29. The largest absolute Gasteiger partial charge is 0.481 e. The normalized spacial score (nSPS) is 9.38. The number of carbonyl (C=O) groups is 1. The van der Waals surface area contributed by atoms with Crippen LogP contribution in [0.2, 0.25) is 0 Å². The van der Waals surface area contributed by atoms with Crippen molar-refractivity contribution in [2.75, 3.05) is 0 Å². The Morgan fingerprint density at radius 3 is 2.33 bits per heavy atom. The Labute approximate surface area is 135 Å². The lowest BCUT2D eigenvalue weighted by molar-refractivity contribution is -0.137. The summed E-state index contributed by atoms with van der Waals surface area (Å²) in [6.45, 7) is 0. The molecule has 0 unspecified atom stereocenters. The van der Waals surface area contributed by atoms with Gasteiger partial charge >= 0.3 is 5.97 Å². The molecule has 21 heavy (non-hydrogen) atoms. The second kappa shape index (κ2) is 16.2. The molecule has 0 aromatic carbocycles. The molecular weight excluding hydrogens is 328 g/mol. The highest BCUT2D eigenvalue weighted by molar-refractivity contribution is 9.11. The summed E-state index contributed by atoms with van der Waals surface area (Å²) in [4.78, 5) is 12.0. The highest BCUT2D eigenvalue weighted by atomic mass is 79.9. The lowest BCUT2D eigenvalue weighted by atomic mass is 10.2. The lowest BCUT2D eigenvalue weighted by Crippen LogP contribution is -1.92. The number of halogens is 1. The second-order valence-electron chi connectivity index (χ2n) is 4.08. The number of hydrogen-bond donors (Lipinski definition) is 1. The zero-order chi connectivity index (χ0) is 15.6. The topological polar surface area (TPSA) is 37.3 Å². The Bertz CT molecular complexity index is 525. The van der Waals surface area contributed by atoms with Gasteiger partial charge in [-0.25, -0.2) is 0 Å². The molecule has 0 aliphatic carbocycles. The van der Waals surface area contributed by atoms with Gasteiger partial charge in [0.05, 0.1) is 0 Å². The predicted molar refractivity (Wildman–Crippen MR) is 90.5 cm³/mol. The number of allylic oxidation sites excluding steroid dienone is 3. The fraction of sp³-hybridized carbons (Fsp3) is 0.389. The molecule has 110 valence electrons. The van der Waals surface area contributed by atoms with E-state index < -0.39 is 5.97 Å². The molecule has 0 fully saturated rings. The van der Waals surface area contributed by atoms with Crippen LogP contribution in [0, 0.1) is 35.5 Å². The molecule has 0 heterocycles. The van der Waals surface area contributed by atoms with Crippen LogP contribution in [0.25, 0.3) is 0 Å². The molecule has 3 heteroatoms. The van der Waals surface area contributed by atoms with Crippen molar-refractivity contribution < 1.29 is 9.90 Å². The third kappa shape index (κ3) is 18.1. The first-order valence-corrected chi connectivity index (χ1v) is 7.77. The van der Waals surface area contributed by atoms with Gasteiger partial charge in [0.15, 0.2) is 0 Å². The molecule has 0 bridgehead atoms. The maximum Gasteiger partial charge on any atom is 0.303 e. The van der Waals surface area contributed by atoms with E-state index >= 15 is 0 Å². The first-order chi connectivity index (χ1) is 10.3. The zero-order valence-electron chi connectivity index (χ0n) is 12.0. The van der Waals surface area contributed by atoms with Crippen LogP contribution < -0.4 is 0 Å². The van der Waals surface area contributed by atoms with Crippen molar-refractivity contribution in [3.63, 3.8) is 0 Å². The second-order valence-corrected chi connectivity index (χ2v) is 4.61. The predicted octanol–water partition coefficient (Wildman–Crippen LogP) is 4.28. The Hall–Kier alpha value is -1.89. The van der Waals surface area contributed by atoms with Crippen LogP contribution in [-0.2, 0) is 4.79 Å². The number of carboxylic acid groups (broad SMARTS) is 1. The monoisotopic (exact) mass is 346 g/mol. The quantitative estimate of drug-likeness (QED) is 0.551. The van der Waals surface area contributed by atoms with E-state index in [2.05, 4.69) is 57.5 Å². The van der Waals surface area contributed by atoms with Crippen LogP contribution in [0.4, 0.5) is 0 Å². The number of carboxylic acids is 1. The Kier molecular flexibility index (Phi) is 14.7. The van der Waals surface area contributed by atoms with Crippen LogP contribution in [0.5, 0.6) is 0 Å². The van der Waals surface area contributed by atoms with Crippen LogP contribution in [0.1, 0.15) is 44.9 Å².